The SMILES string of the molecule is O=C(NCCc1ccc(-c2cccs2)s1)c1cc(-c2ccco2)on1. The molecule has 4 aromatic heterocycles. The van der Waals surface area contributed by atoms with Crippen molar-refractivity contribution < 1.29 is 13.7 Å². The van der Waals surface area contributed by atoms with Gasteiger partial charge in [0.1, 0.15) is 0 Å². The van der Waals surface area contributed by atoms with Crippen LogP contribution in [0.15, 0.2) is 63.0 Å². The predicted molar refractivity (Wildman–Crippen MR) is 97.9 cm³/mol. The molecule has 0 spiro atoms. The van der Waals surface area contributed by atoms with Crippen molar-refractivity contribution in [1.29, 1.82) is 0 Å². The van der Waals surface area contributed by atoms with Crippen molar-refractivity contribution in [3.05, 3.63) is 64.7 Å². The van der Waals surface area contributed by atoms with Crippen molar-refractivity contribution >= 4 is 28.6 Å². The van der Waals surface area contributed by atoms with Crippen LogP contribution in [0.1, 0.15) is 15.4 Å². The van der Waals surface area contributed by atoms with Crippen molar-refractivity contribution in [2.45, 2.75) is 6.42 Å². The van der Waals surface area contributed by atoms with Gasteiger partial charge in [-0.05, 0) is 42.1 Å². The highest BCUT2D eigenvalue weighted by Gasteiger charge is 2.14. The molecule has 0 saturated heterocycles. The highest BCUT2D eigenvalue weighted by atomic mass is 32.1. The number of nitrogens with one attached hydrogen (secondary N) is 1. The van der Waals surface area contributed by atoms with Crippen LogP contribution in [0.4, 0.5) is 0 Å². The Labute approximate surface area is 151 Å². The zero-order chi connectivity index (χ0) is 17.1. The average Bonchev–Trinajstić information content (AvgIpc) is 3.42. The molecule has 4 aromatic rings. The Balaban J connectivity index is 1.32. The van der Waals surface area contributed by atoms with Crippen molar-refractivity contribution in [2.24, 2.45) is 0 Å². The van der Waals surface area contributed by atoms with Gasteiger partial charge in [-0.2, -0.15) is 0 Å². The third kappa shape index (κ3) is 3.57. The Kier molecular flexibility index (Phi) is 4.49. The molecule has 0 aliphatic carbocycles. The van der Waals surface area contributed by atoms with Gasteiger partial charge in [0.25, 0.3) is 5.91 Å². The summed E-state index contributed by atoms with van der Waals surface area (Å²) in [7, 11) is 0. The molecule has 4 rings (SSSR count). The highest BCUT2D eigenvalue weighted by Crippen LogP contribution is 2.31. The number of carbonyl (C=O) groups is 1. The van der Waals surface area contributed by atoms with Crippen LogP contribution >= 0.6 is 22.7 Å². The normalized spacial score (nSPS) is 10.9. The lowest BCUT2D eigenvalue weighted by atomic mass is 10.3. The monoisotopic (exact) mass is 370 g/mol. The molecule has 4 heterocycles. The van der Waals surface area contributed by atoms with Crippen LogP contribution in [0.25, 0.3) is 21.3 Å². The molecule has 0 aromatic carbocycles. The summed E-state index contributed by atoms with van der Waals surface area (Å²) < 4.78 is 10.4. The first kappa shape index (κ1) is 15.9. The number of amides is 1. The maximum atomic E-state index is 12.2. The predicted octanol–water partition coefficient (Wildman–Crippen LogP) is 4.70. The third-order valence-corrected chi connectivity index (χ3v) is 5.80. The highest BCUT2D eigenvalue weighted by molar-refractivity contribution is 7.21. The van der Waals surface area contributed by atoms with Gasteiger partial charge in [0.05, 0.1) is 6.26 Å². The molecule has 7 heteroatoms. The van der Waals surface area contributed by atoms with E-state index in [9.17, 15) is 4.79 Å². The second kappa shape index (κ2) is 7.08. The van der Waals surface area contributed by atoms with Crippen LogP contribution in [0.3, 0.4) is 0 Å². The van der Waals surface area contributed by atoms with Gasteiger partial charge in [0.2, 0.25) is 5.76 Å². The molecule has 0 radical (unpaired) electrons. The number of thiophene rings is 2. The Hall–Kier alpha value is -2.64. The molecular formula is C18H14N2O3S2. The van der Waals surface area contributed by atoms with Crippen molar-refractivity contribution in [3.8, 4) is 21.3 Å². The Morgan fingerprint density at radius 3 is 2.88 bits per heavy atom. The molecule has 0 atom stereocenters. The van der Waals surface area contributed by atoms with Gasteiger partial charge >= 0.3 is 0 Å². The Bertz CT molecular complexity index is 952. The quantitative estimate of drug-likeness (QED) is 0.534. The van der Waals surface area contributed by atoms with Gasteiger partial charge in [-0.1, -0.05) is 11.2 Å². The topological polar surface area (TPSA) is 68.3 Å². The fraction of sp³-hybridized carbons (Fsp3) is 0.111. The molecular weight excluding hydrogens is 356 g/mol. The fourth-order valence-corrected chi connectivity index (χ4v) is 4.21. The summed E-state index contributed by atoms with van der Waals surface area (Å²) in [5.74, 6) is 0.733. The van der Waals surface area contributed by atoms with Crippen LogP contribution in [0.5, 0.6) is 0 Å². The summed E-state index contributed by atoms with van der Waals surface area (Å²) in [6.07, 6.45) is 2.33. The molecule has 1 amide bonds. The second-order valence-corrected chi connectivity index (χ2v) is 7.42. The van der Waals surface area contributed by atoms with E-state index in [4.69, 9.17) is 8.94 Å². The van der Waals surface area contributed by atoms with Gasteiger partial charge in [0, 0.05) is 27.2 Å². The van der Waals surface area contributed by atoms with E-state index in [1.54, 1.807) is 47.1 Å². The largest absolute Gasteiger partial charge is 0.461 e. The minimum Gasteiger partial charge on any atom is -0.461 e. The van der Waals surface area contributed by atoms with Crippen LogP contribution in [0, 0.1) is 0 Å². The third-order valence-electron chi connectivity index (χ3n) is 3.59. The van der Waals surface area contributed by atoms with E-state index in [0.717, 1.165) is 6.42 Å². The lowest BCUT2D eigenvalue weighted by Crippen LogP contribution is -2.25. The van der Waals surface area contributed by atoms with E-state index in [1.807, 2.05) is 0 Å². The molecule has 5 nitrogen and oxygen atoms in total. The summed E-state index contributed by atoms with van der Waals surface area (Å²) in [5.41, 5.74) is 0.247. The number of hydrogen-bond acceptors (Lipinski definition) is 6. The van der Waals surface area contributed by atoms with E-state index in [-0.39, 0.29) is 11.6 Å². The van der Waals surface area contributed by atoms with E-state index in [1.165, 1.54) is 14.6 Å². The molecule has 0 fully saturated rings. The average molecular weight is 370 g/mol. The van der Waals surface area contributed by atoms with Crippen LogP contribution in [0.2, 0.25) is 0 Å². The zero-order valence-electron chi connectivity index (χ0n) is 13.1. The molecule has 1 N–H and O–H groups in total. The van der Waals surface area contributed by atoms with Gasteiger partial charge in [-0.25, -0.2) is 0 Å². The first-order valence-electron chi connectivity index (χ1n) is 7.71. The fourth-order valence-electron chi connectivity index (χ4n) is 2.37. The number of carbonyl (C=O) groups excluding carboxylic acids is 1. The van der Waals surface area contributed by atoms with Crippen LogP contribution in [-0.2, 0) is 6.42 Å². The van der Waals surface area contributed by atoms with Crippen molar-refractivity contribution in [1.82, 2.24) is 10.5 Å². The molecule has 126 valence electrons. The molecule has 0 aliphatic rings. The van der Waals surface area contributed by atoms with Crippen LogP contribution in [-0.4, -0.2) is 17.6 Å². The van der Waals surface area contributed by atoms with Crippen LogP contribution < -0.4 is 5.32 Å². The molecule has 0 unspecified atom stereocenters. The van der Waals surface area contributed by atoms with E-state index in [2.05, 4.69) is 40.1 Å². The van der Waals surface area contributed by atoms with Gasteiger partial charge in [-0.15, -0.1) is 22.7 Å². The van der Waals surface area contributed by atoms with E-state index in [0.29, 0.717) is 18.1 Å². The number of hydrogen-bond donors (Lipinski definition) is 1. The van der Waals surface area contributed by atoms with Gasteiger partial charge in [0.15, 0.2) is 11.5 Å². The minimum absolute atomic E-state index is 0.247. The summed E-state index contributed by atoms with van der Waals surface area (Å²) in [6.45, 7) is 0.548. The van der Waals surface area contributed by atoms with Crippen molar-refractivity contribution in [3.63, 3.8) is 0 Å². The summed E-state index contributed by atoms with van der Waals surface area (Å²) in [4.78, 5) is 15.9. The number of furan rings is 1. The number of aromatic nitrogens is 1. The minimum atomic E-state index is -0.253. The Morgan fingerprint density at radius 1 is 1.12 bits per heavy atom. The first-order valence-corrected chi connectivity index (χ1v) is 9.40. The maximum Gasteiger partial charge on any atom is 0.273 e. The van der Waals surface area contributed by atoms with Gasteiger partial charge in [-0.3, -0.25) is 4.79 Å². The second-order valence-electron chi connectivity index (χ2n) is 5.30. The Morgan fingerprint density at radius 2 is 2.08 bits per heavy atom. The molecule has 0 aliphatic heterocycles. The van der Waals surface area contributed by atoms with E-state index >= 15 is 0 Å². The number of rotatable bonds is 6. The standard InChI is InChI=1S/C18H14N2O3S2/c21-18(13-11-15(23-20-13)14-3-1-9-22-14)19-8-7-12-5-6-17(25-12)16-4-2-10-24-16/h1-6,9-11H,7-8H2,(H,19,21). The molecule has 0 saturated carbocycles. The molecule has 25 heavy (non-hydrogen) atoms. The first-order chi connectivity index (χ1) is 12.3. The lowest BCUT2D eigenvalue weighted by molar-refractivity contribution is 0.0945. The van der Waals surface area contributed by atoms with Gasteiger partial charge < -0.3 is 14.3 Å². The number of nitrogens with zero attached hydrogens (tertiary/aromatic N) is 1. The summed E-state index contributed by atoms with van der Waals surface area (Å²) in [5, 5.41) is 8.73. The maximum absolute atomic E-state index is 12.2. The van der Waals surface area contributed by atoms with E-state index < -0.39 is 0 Å². The molecule has 0 bridgehead atoms. The summed E-state index contributed by atoms with van der Waals surface area (Å²) >= 11 is 3.48. The van der Waals surface area contributed by atoms with Crippen molar-refractivity contribution in [2.75, 3.05) is 6.54 Å². The smallest absolute Gasteiger partial charge is 0.273 e. The summed E-state index contributed by atoms with van der Waals surface area (Å²) in [6, 6.07) is 13.5. The zero-order valence-corrected chi connectivity index (χ0v) is 14.7. The lowest BCUT2D eigenvalue weighted by Gasteiger charge is -2.00.